The molecule has 0 aliphatic heterocycles. The normalized spacial score (nSPS) is 11.6. The molecule has 0 unspecified atom stereocenters. The van der Waals surface area contributed by atoms with Gasteiger partial charge < -0.3 is 10.7 Å². The highest BCUT2D eigenvalue weighted by molar-refractivity contribution is 7.71. The van der Waals surface area contributed by atoms with Gasteiger partial charge in [0, 0.05) is 0 Å². The van der Waals surface area contributed by atoms with Crippen molar-refractivity contribution in [3.8, 4) is 0 Å². The number of alkyl halides is 3. The van der Waals surface area contributed by atoms with Crippen LogP contribution in [0.3, 0.4) is 0 Å². The predicted octanol–water partition coefficient (Wildman–Crippen LogP) is 1.14. The molecule has 0 amide bonds. The molecule has 0 atom stereocenters. The van der Waals surface area contributed by atoms with E-state index >= 15 is 0 Å². The number of anilines is 1. The van der Waals surface area contributed by atoms with Crippen LogP contribution in [0, 0.1) is 4.77 Å². The Balaban J connectivity index is 3.27. The van der Waals surface area contributed by atoms with Crippen molar-refractivity contribution in [2.24, 2.45) is 0 Å². The molecule has 0 aliphatic rings. The van der Waals surface area contributed by atoms with Crippen LogP contribution in [0.25, 0.3) is 0 Å². The monoisotopic (exact) mass is 196 g/mol. The lowest BCUT2D eigenvalue weighted by atomic mass is 10.6. The Morgan fingerprint density at radius 3 is 2.33 bits per heavy atom. The maximum atomic E-state index is 11.9. The second kappa shape index (κ2) is 2.70. The van der Waals surface area contributed by atoms with Gasteiger partial charge in [-0.05, 0) is 12.2 Å². The van der Waals surface area contributed by atoms with Gasteiger partial charge in [-0.25, -0.2) is 0 Å². The third kappa shape index (κ3) is 1.91. The molecule has 66 valence electrons. The molecule has 1 rings (SSSR count). The van der Waals surface area contributed by atoms with Gasteiger partial charge in [0.25, 0.3) is 0 Å². The number of hydrogen-bond acceptors (Lipinski definition) is 4. The van der Waals surface area contributed by atoms with Crippen molar-refractivity contribution in [2.45, 2.75) is 6.18 Å². The van der Waals surface area contributed by atoms with Gasteiger partial charge in [0.2, 0.25) is 16.5 Å². The van der Waals surface area contributed by atoms with E-state index in [0.29, 0.717) is 0 Å². The first-order valence-electron chi connectivity index (χ1n) is 2.70. The summed E-state index contributed by atoms with van der Waals surface area (Å²) in [6.07, 6.45) is -4.58. The van der Waals surface area contributed by atoms with Gasteiger partial charge in [-0.2, -0.15) is 23.1 Å². The highest BCUT2D eigenvalue weighted by Crippen LogP contribution is 2.25. The standard InChI is InChI=1S/C4H3F3N4S/c5-4(6,7)1-9-2(8)11-3(12)10-1/h(H3,8,9,10,11,12). The van der Waals surface area contributed by atoms with Gasteiger partial charge in [0.05, 0.1) is 0 Å². The summed E-state index contributed by atoms with van der Waals surface area (Å²) in [5.74, 6) is -1.64. The molecular formula is C4H3F3N4S. The van der Waals surface area contributed by atoms with Crippen molar-refractivity contribution in [2.75, 3.05) is 5.73 Å². The number of aromatic nitrogens is 3. The SMILES string of the molecule is Nc1nc(=S)nc(C(F)(F)F)[nH]1. The fourth-order valence-corrected chi connectivity index (χ4v) is 0.725. The molecule has 1 aromatic heterocycles. The number of nitrogen functional groups attached to an aromatic ring is 1. The van der Waals surface area contributed by atoms with Gasteiger partial charge in [0.1, 0.15) is 0 Å². The molecule has 0 fully saturated rings. The first-order valence-corrected chi connectivity index (χ1v) is 3.11. The van der Waals surface area contributed by atoms with E-state index in [2.05, 4.69) is 22.2 Å². The number of nitrogens with two attached hydrogens (primary N) is 1. The second-order valence-corrected chi connectivity index (χ2v) is 2.23. The fourth-order valence-electron chi connectivity index (χ4n) is 0.535. The topological polar surface area (TPSA) is 67.6 Å². The highest BCUT2D eigenvalue weighted by Gasteiger charge is 2.34. The van der Waals surface area contributed by atoms with E-state index in [-0.39, 0.29) is 0 Å². The molecule has 0 aliphatic carbocycles. The molecule has 0 bridgehead atoms. The molecule has 0 radical (unpaired) electrons. The highest BCUT2D eigenvalue weighted by atomic mass is 32.1. The van der Waals surface area contributed by atoms with E-state index in [0.717, 1.165) is 0 Å². The van der Waals surface area contributed by atoms with Crippen LogP contribution in [0.4, 0.5) is 19.1 Å². The minimum absolute atomic E-state index is 0.401. The van der Waals surface area contributed by atoms with Gasteiger partial charge in [-0.3, -0.25) is 0 Å². The van der Waals surface area contributed by atoms with Crippen molar-refractivity contribution in [1.29, 1.82) is 0 Å². The van der Waals surface area contributed by atoms with Crippen molar-refractivity contribution < 1.29 is 13.2 Å². The first-order chi connectivity index (χ1) is 5.39. The van der Waals surface area contributed by atoms with Crippen LogP contribution in [-0.4, -0.2) is 15.0 Å². The van der Waals surface area contributed by atoms with E-state index in [9.17, 15) is 13.2 Å². The maximum Gasteiger partial charge on any atom is 0.449 e. The summed E-state index contributed by atoms with van der Waals surface area (Å²) < 4.78 is 35.3. The molecule has 8 heteroatoms. The Bertz CT molecular complexity index is 343. The molecule has 1 heterocycles. The third-order valence-corrected chi connectivity index (χ3v) is 1.12. The molecular weight excluding hydrogens is 193 g/mol. The van der Waals surface area contributed by atoms with Crippen LogP contribution < -0.4 is 5.73 Å². The zero-order chi connectivity index (χ0) is 9.35. The van der Waals surface area contributed by atoms with Crippen LogP contribution >= 0.6 is 12.2 Å². The Kier molecular flexibility index (Phi) is 2.01. The van der Waals surface area contributed by atoms with E-state index in [1.807, 2.05) is 0 Å². The number of nitrogens with zero attached hydrogens (tertiary/aromatic N) is 2. The fraction of sp³-hybridized carbons (Fsp3) is 0.250. The summed E-state index contributed by atoms with van der Waals surface area (Å²) in [5.41, 5.74) is 4.98. The third-order valence-electron chi connectivity index (χ3n) is 0.939. The van der Waals surface area contributed by atoms with E-state index in [1.165, 1.54) is 0 Å². The largest absolute Gasteiger partial charge is 0.449 e. The van der Waals surface area contributed by atoms with Crippen LogP contribution in [0.1, 0.15) is 5.82 Å². The summed E-state index contributed by atoms with van der Waals surface area (Å²) >= 11 is 4.33. The summed E-state index contributed by atoms with van der Waals surface area (Å²) in [6.45, 7) is 0. The van der Waals surface area contributed by atoms with E-state index in [1.54, 1.807) is 4.98 Å². The zero-order valence-corrected chi connectivity index (χ0v) is 6.33. The van der Waals surface area contributed by atoms with Crippen molar-refractivity contribution in [1.82, 2.24) is 15.0 Å². The Morgan fingerprint density at radius 2 is 1.92 bits per heavy atom. The smallest absolute Gasteiger partial charge is 0.369 e. The summed E-state index contributed by atoms with van der Waals surface area (Å²) in [4.78, 5) is 7.97. The molecule has 3 N–H and O–H groups in total. The van der Waals surface area contributed by atoms with Gasteiger partial charge >= 0.3 is 6.18 Å². The lowest BCUT2D eigenvalue weighted by Gasteiger charge is -2.04. The van der Waals surface area contributed by atoms with Gasteiger partial charge in [0.15, 0.2) is 0 Å². The van der Waals surface area contributed by atoms with Crippen LogP contribution in [0.15, 0.2) is 0 Å². The number of aromatic amines is 1. The Morgan fingerprint density at radius 1 is 1.33 bits per heavy atom. The van der Waals surface area contributed by atoms with E-state index in [4.69, 9.17) is 5.73 Å². The quantitative estimate of drug-likeness (QED) is 0.610. The zero-order valence-electron chi connectivity index (χ0n) is 5.51. The number of halogens is 3. The van der Waals surface area contributed by atoms with Gasteiger partial charge in [-0.15, -0.1) is 0 Å². The lowest BCUT2D eigenvalue weighted by molar-refractivity contribution is -0.145. The second-order valence-electron chi connectivity index (χ2n) is 1.86. The predicted molar refractivity (Wildman–Crippen MR) is 36.6 cm³/mol. The molecule has 12 heavy (non-hydrogen) atoms. The Hall–Kier alpha value is -1.18. The number of rotatable bonds is 0. The average molecular weight is 196 g/mol. The molecule has 1 aromatic rings. The van der Waals surface area contributed by atoms with Crippen LogP contribution in [0.2, 0.25) is 0 Å². The minimum Gasteiger partial charge on any atom is -0.369 e. The van der Waals surface area contributed by atoms with Crippen LogP contribution in [-0.2, 0) is 6.18 Å². The Labute approximate surface area is 69.7 Å². The molecule has 0 saturated carbocycles. The number of hydrogen-bond donors (Lipinski definition) is 2. The van der Waals surface area contributed by atoms with Gasteiger partial charge in [-0.1, -0.05) is 0 Å². The molecule has 4 nitrogen and oxygen atoms in total. The minimum atomic E-state index is -4.58. The first kappa shape index (κ1) is 8.91. The van der Waals surface area contributed by atoms with Crippen LogP contribution in [0.5, 0.6) is 0 Å². The number of H-pyrrole nitrogens is 1. The average Bonchev–Trinajstić information content (AvgIpc) is 1.82. The number of nitrogens with one attached hydrogen (secondary N) is 1. The van der Waals surface area contributed by atoms with Crippen molar-refractivity contribution in [3.05, 3.63) is 10.6 Å². The maximum absolute atomic E-state index is 11.9. The van der Waals surface area contributed by atoms with E-state index < -0.39 is 22.7 Å². The summed E-state index contributed by atoms with van der Waals surface area (Å²) in [6, 6.07) is 0. The summed E-state index contributed by atoms with van der Waals surface area (Å²) in [7, 11) is 0. The molecule has 0 aromatic carbocycles. The van der Waals surface area contributed by atoms with Crippen molar-refractivity contribution >= 4 is 18.2 Å². The molecule has 0 spiro atoms. The summed E-state index contributed by atoms with van der Waals surface area (Å²) in [5, 5.41) is 0. The lowest BCUT2D eigenvalue weighted by Crippen LogP contribution is -2.13. The van der Waals surface area contributed by atoms with Crippen molar-refractivity contribution in [3.63, 3.8) is 0 Å². The molecule has 0 saturated heterocycles.